The van der Waals surface area contributed by atoms with E-state index < -0.39 is 29.4 Å². The van der Waals surface area contributed by atoms with E-state index in [0.29, 0.717) is 6.42 Å². The van der Waals surface area contributed by atoms with Crippen molar-refractivity contribution in [2.75, 3.05) is 0 Å². The molecule has 0 bridgehead atoms. The van der Waals surface area contributed by atoms with Crippen LogP contribution in [-0.4, -0.2) is 34.0 Å². The van der Waals surface area contributed by atoms with Gasteiger partial charge in [0.05, 0.1) is 11.5 Å². The second-order valence-electron chi connectivity index (χ2n) is 10.8. The second-order valence-corrected chi connectivity index (χ2v) is 10.8. The van der Waals surface area contributed by atoms with Crippen molar-refractivity contribution in [3.8, 4) is 0 Å². The molecule has 0 radical (unpaired) electrons. The summed E-state index contributed by atoms with van der Waals surface area (Å²) in [6, 6.07) is 4.09. The summed E-state index contributed by atoms with van der Waals surface area (Å²) < 4.78 is 6.15. The van der Waals surface area contributed by atoms with E-state index in [9.17, 15) is 19.5 Å². The fourth-order valence-electron chi connectivity index (χ4n) is 4.19. The Morgan fingerprint density at radius 3 is 2.19 bits per heavy atom. The number of carbonyl (C=O) groups is 3. The number of aliphatic carboxylic acids is 1. The molecular formula is C31H48O6. The molecular weight excluding hydrogens is 468 g/mol. The summed E-state index contributed by atoms with van der Waals surface area (Å²) in [5.74, 6) is -2.62. The van der Waals surface area contributed by atoms with Crippen molar-refractivity contribution in [1.29, 1.82) is 0 Å². The van der Waals surface area contributed by atoms with Gasteiger partial charge in [-0.15, -0.1) is 0 Å². The minimum Gasteiger partial charge on any atom is -0.476 e. The summed E-state index contributed by atoms with van der Waals surface area (Å²) in [5.41, 5.74) is 3.27. The number of aryl methyl sites for hydroxylation is 2. The number of ketones is 1. The molecule has 2 unspecified atom stereocenters. The number of carboxylic acid groups (broad SMARTS) is 1. The Balaban J connectivity index is 3.16. The molecule has 1 aromatic carbocycles. The molecule has 0 spiro atoms. The van der Waals surface area contributed by atoms with Gasteiger partial charge in [-0.2, -0.15) is 0 Å². The molecule has 0 aliphatic rings. The number of Topliss-reactive ketones (excluding diaryl/α,β-unsaturated/α-hetero) is 1. The van der Waals surface area contributed by atoms with Gasteiger partial charge in [0.25, 0.3) is 0 Å². The van der Waals surface area contributed by atoms with Crippen LogP contribution in [0.15, 0.2) is 18.2 Å². The SMILES string of the molecule is CCCCCCCCCC(OC(=O)C(C)(C)CC)c1cc(C)cc(C)c1/C=C/C(O)CCC(=O)C(=O)O. The molecule has 0 saturated carbocycles. The summed E-state index contributed by atoms with van der Waals surface area (Å²) in [4.78, 5) is 35.2. The predicted octanol–water partition coefficient (Wildman–Crippen LogP) is 7.27. The number of aliphatic hydroxyl groups excluding tert-OH is 1. The first-order valence-corrected chi connectivity index (χ1v) is 13.9. The van der Waals surface area contributed by atoms with E-state index in [4.69, 9.17) is 9.84 Å². The van der Waals surface area contributed by atoms with Crippen LogP contribution in [0.1, 0.15) is 127 Å². The number of unbranched alkanes of at least 4 members (excludes halogenated alkanes) is 6. The topological polar surface area (TPSA) is 101 Å². The highest BCUT2D eigenvalue weighted by atomic mass is 16.5. The molecule has 0 fully saturated rings. The van der Waals surface area contributed by atoms with Gasteiger partial charge in [-0.25, -0.2) is 4.79 Å². The van der Waals surface area contributed by atoms with Gasteiger partial charge in [0, 0.05) is 12.0 Å². The maximum absolute atomic E-state index is 13.1. The lowest BCUT2D eigenvalue weighted by Gasteiger charge is -2.27. The summed E-state index contributed by atoms with van der Waals surface area (Å²) in [7, 11) is 0. The molecule has 0 heterocycles. The summed E-state index contributed by atoms with van der Waals surface area (Å²) in [5, 5.41) is 19.1. The van der Waals surface area contributed by atoms with Gasteiger partial charge in [0.1, 0.15) is 6.10 Å². The quantitative estimate of drug-likeness (QED) is 0.121. The first-order valence-electron chi connectivity index (χ1n) is 13.9. The van der Waals surface area contributed by atoms with Crippen LogP contribution in [0.25, 0.3) is 6.08 Å². The average molecular weight is 517 g/mol. The van der Waals surface area contributed by atoms with E-state index in [1.807, 2.05) is 46.8 Å². The van der Waals surface area contributed by atoms with Gasteiger partial charge in [-0.1, -0.05) is 82.2 Å². The summed E-state index contributed by atoms with van der Waals surface area (Å²) in [6.07, 6.45) is 11.4. The van der Waals surface area contributed by atoms with E-state index in [2.05, 4.69) is 6.92 Å². The Hall–Kier alpha value is -2.47. The zero-order chi connectivity index (χ0) is 28.0. The smallest absolute Gasteiger partial charge is 0.372 e. The van der Waals surface area contributed by atoms with Crippen molar-refractivity contribution in [3.63, 3.8) is 0 Å². The van der Waals surface area contributed by atoms with Crippen molar-refractivity contribution in [3.05, 3.63) is 40.5 Å². The average Bonchev–Trinajstić information content (AvgIpc) is 2.84. The number of hydrogen-bond donors (Lipinski definition) is 2. The van der Waals surface area contributed by atoms with E-state index in [1.54, 1.807) is 12.2 Å². The Kier molecular flexibility index (Phi) is 14.4. The Labute approximate surface area is 223 Å². The van der Waals surface area contributed by atoms with Crippen molar-refractivity contribution in [2.24, 2.45) is 5.41 Å². The third kappa shape index (κ3) is 11.6. The minimum absolute atomic E-state index is 0.0308. The first kappa shape index (κ1) is 32.6. The molecule has 2 atom stereocenters. The third-order valence-corrected chi connectivity index (χ3v) is 7.06. The van der Waals surface area contributed by atoms with Crippen LogP contribution in [0.3, 0.4) is 0 Å². The van der Waals surface area contributed by atoms with Gasteiger partial charge in [-0.3, -0.25) is 9.59 Å². The molecule has 1 aromatic rings. The van der Waals surface area contributed by atoms with Gasteiger partial charge in [0.15, 0.2) is 0 Å². The van der Waals surface area contributed by atoms with Crippen LogP contribution in [-0.2, 0) is 19.1 Å². The maximum Gasteiger partial charge on any atom is 0.372 e. The Morgan fingerprint density at radius 1 is 0.973 bits per heavy atom. The molecule has 37 heavy (non-hydrogen) atoms. The fourth-order valence-corrected chi connectivity index (χ4v) is 4.19. The lowest BCUT2D eigenvalue weighted by atomic mass is 9.89. The Morgan fingerprint density at radius 2 is 1.59 bits per heavy atom. The zero-order valence-corrected chi connectivity index (χ0v) is 23.8. The van der Waals surface area contributed by atoms with E-state index in [0.717, 1.165) is 41.5 Å². The molecule has 208 valence electrons. The lowest BCUT2D eigenvalue weighted by Crippen LogP contribution is -2.27. The fraction of sp³-hybridized carbons (Fsp3) is 0.645. The third-order valence-electron chi connectivity index (χ3n) is 7.06. The molecule has 1 rings (SSSR count). The minimum atomic E-state index is -1.49. The number of carbonyl (C=O) groups excluding carboxylic acids is 2. The number of aliphatic hydroxyl groups is 1. The van der Waals surface area contributed by atoms with Crippen molar-refractivity contribution >= 4 is 23.8 Å². The Bertz CT molecular complexity index is 915. The number of benzene rings is 1. The van der Waals surface area contributed by atoms with Gasteiger partial charge in [0.2, 0.25) is 5.78 Å². The largest absolute Gasteiger partial charge is 0.476 e. The monoisotopic (exact) mass is 516 g/mol. The molecule has 6 heteroatoms. The van der Waals surface area contributed by atoms with Crippen molar-refractivity contribution in [1.82, 2.24) is 0 Å². The predicted molar refractivity (Wildman–Crippen MR) is 148 cm³/mol. The van der Waals surface area contributed by atoms with E-state index in [1.165, 1.54) is 32.1 Å². The summed E-state index contributed by atoms with van der Waals surface area (Å²) in [6.45, 7) is 12.0. The van der Waals surface area contributed by atoms with Crippen LogP contribution in [0.4, 0.5) is 0 Å². The lowest BCUT2D eigenvalue weighted by molar-refractivity contribution is -0.160. The van der Waals surface area contributed by atoms with Crippen molar-refractivity contribution in [2.45, 2.75) is 124 Å². The molecule has 2 N–H and O–H groups in total. The van der Waals surface area contributed by atoms with Crippen LogP contribution < -0.4 is 0 Å². The molecule has 0 aromatic heterocycles. The van der Waals surface area contributed by atoms with Gasteiger partial charge >= 0.3 is 11.9 Å². The first-order chi connectivity index (χ1) is 17.4. The number of carboxylic acids is 1. The molecule has 0 aliphatic carbocycles. The molecule has 0 amide bonds. The summed E-state index contributed by atoms with van der Waals surface area (Å²) >= 11 is 0. The van der Waals surface area contributed by atoms with Gasteiger partial charge in [-0.05, 0) is 64.5 Å². The number of ether oxygens (including phenoxy) is 1. The van der Waals surface area contributed by atoms with E-state index in [-0.39, 0.29) is 18.8 Å². The van der Waals surface area contributed by atoms with Crippen LogP contribution in [0.5, 0.6) is 0 Å². The second kappa shape index (κ2) is 16.4. The zero-order valence-electron chi connectivity index (χ0n) is 23.8. The molecule has 0 saturated heterocycles. The van der Waals surface area contributed by atoms with E-state index >= 15 is 0 Å². The van der Waals surface area contributed by atoms with Gasteiger partial charge < -0.3 is 14.9 Å². The molecule has 6 nitrogen and oxygen atoms in total. The highest BCUT2D eigenvalue weighted by Gasteiger charge is 2.31. The van der Waals surface area contributed by atoms with Crippen LogP contribution >= 0.6 is 0 Å². The number of hydrogen-bond acceptors (Lipinski definition) is 5. The highest BCUT2D eigenvalue weighted by Crippen LogP contribution is 2.34. The van der Waals surface area contributed by atoms with Crippen LogP contribution in [0.2, 0.25) is 0 Å². The van der Waals surface area contributed by atoms with Crippen LogP contribution in [0, 0.1) is 19.3 Å². The number of esters is 1. The molecule has 0 aliphatic heterocycles. The van der Waals surface area contributed by atoms with Crippen molar-refractivity contribution < 1.29 is 29.3 Å². The normalized spacial score (nSPS) is 13.5. The maximum atomic E-state index is 13.1. The number of rotatable bonds is 18. The standard InChI is InChI=1S/C31H48O6/c1-7-9-10-11-12-13-14-15-28(37-30(36)31(5,6)8-2)26-21-22(3)20-23(4)25(26)18-16-24(32)17-19-27(33)29(34)35/h16,18,20-21,24,28,32H,7-15,17,19H2,1-6H3,(H,34,35)/b18-16+. The highest BCUT2D eigenvalue weighted by molar-refractivity contribution is 6.32.